The molecule has 2 aromatic rings. The van der Waals surface area contributed by atoms with Gasteiger partial charge in [-0.25, -0.2) is 0 Å². The van der Waals surface area contributed by atoms with E-state index < -0.39 is 0 Å². The predicted molar refractivity (Wildman–Crippen MR) is 76.8 cm³/mol. The second-order valence-electron chi connectivity index (χ2n) is 4.04. The Balaban J connectivity index is 2.50. The molecule has 0 fully saturated rings. The van der Waals surface area contributed by atoms with Crippen molar-refractivity contribution >= 4 is 15.9 Å². The zero-order valence-corrected chi connectivity index (χ0v) is 12.0. The van der Waals surface area contributed by atoms with Crippen molar-refractivity contribution in [1.82, 2.24) is 0 Å². The van der Waals surface area contributed by atoms with Gasteiger partial charge in [-0.1, -0.05) is 30.3 Å². The third-order valence-electron chi connectivity index (χ3n) is 2.59. The molecule has 3 heteroatoms. The highest BCUT2D eigenvalue weighted by Crippen LogP contribution is 2.37. The highest BCUT2D eigenvalue weighted by atomic mass is 79.9. The van der Waals surface area contributed by atoms with Gasteiger partial charge in [-0.15, -0.1) is 0 Å². The first-order valence-electron chi connectivity index (χ1n) is 5.69. The van der Waals surface area contributed by atoms with Crippen LogP contribution in [0.1, 0.15) is 5.56 Å². The number of methoxy groups -OCH3 is 1. The molecule has 0 atom stereocenters. The van der Waals surface area contributed by atoms with Crippen molar-refractivity contribution in [2.24, 2.45) is 0 Å². The van der Waals surface area contributed by atoms with Gasteiger partial charge < -0.3 is 9.47 Å². The Morgan fingerprint density at radius 1 is 1.11 bits per heavy atom. The van der Waals surface area contributed by atoms with Crippen LogP contribution in [0.25, 0.3) is 11.1 Å². The summed E-state index contributed by atoms with van der Waals surface area (Å²) in [6, 6.07) is 14.3. The second-order valence-corrected chi connectivity index (χ2v) is 4.89. The van der Waals surface area contributed by atoms with E-state index in [-0.39, 0.29) is 6.79 Å². The summed E-state index contributed by atoms with van der Waals surface area (Å²) in [6.45, 7) is 2.30. The lowest BCUT2D eigenvalue weighted by Gasteiger charge is -2.14. The molecule has 0 amide bonds. The third-order valence-corrected chi connectivity index (χ3v) is 3.18. The molecule has 2 nitrogen and oxygen atoms in total. The first kappa shape index (κ1) is 13.1. The molecule has 0 saturated heterocycles. The fraction of sp³-hybridized carbons (Fsp3) is 0.200. The van der Waals surface area contributed by atoms with Crippen LogP contribution < -0.4 is 4.74 Å². The van der Waals surface area contributed by atoms with Crippen LogP contribution in [0.4, 0.5) is 0 Å². The molecule has 0 heterocycles. The molecule has 0 radical (unpaired) electrons. The summed E-state index contributed by atoms with van der Waals surface area (Å²) in [5, 5.41) is 0. The quantitative estimate of drug-likeness (QED) is 0.779. The van der Waals surface area contributed by atoms with E-state index in [1.54, 1.807) is 7.11 Å². The van der Waals surface area contributed by atoms with Crippen LogP contribution in [-0.4, -0.2) is 13.9 Å². The maximum atomic E-state index is 5.66. The molecule has 0 aromatic heterocycles. The lowest BCUT2D eigenvalue weighted by molar-refractivity contribution is 0.0510. The molecule has 2 aromatic carbocycles. The normalized spacial score (nSPS) is 10.4. The summed E-state index contributed by atoms with van der Waals surface area (Å²) in [7, 11) is 1.62. The Labute approximate surface area is 116 Å². The molecule has 0 unspecified atom stereocenters. The topological polar surface area (TPSA) is 18.5 Å². The van der Waals surface area contributed by atoms with E-state index in [2.05, 4.69) is 41.1 Å². The number of hydrogen-bond donors (Lipinski definition) is 0. The summed E-state index contributed by atoms with van der Waals surface area (Å²) >= 11 is 3.54. The first-order valence-corrected chi connectivity index (χ1v) is 6.49. The zero-order chi connectivity index (χ0) is 13.0. The number of benzene rings is 2. The van der Waals surface area contributed by atoms with E-state index >= 15 is 0 Å². The minimum Gasteiger partial charge on any atom is -0.466 e. The van der Waals surface area contributed by atoms with Gasteiger partial charge in [0.05, 0.1) is 4.47 Å². The Bertz CT molecular complexity index is 524. The van der Waals surface area contributed by atoms with Gasteiger partial charge in [0.2, 0.25) is 0 Å². The van der Waals surface area contributed by atoms with Crippen LogP contribution in [0.2, 0.25) is 0 Å². The van der Waals surface area contributed by atoms with Gasteiger partial charge in [0.15, 0.2) is 6.79 Å². The molecule has 0 bridgehead atoms. The number of ether oxygens (including phenoxy) is 2. The summed E-state index contributed by atoms with van der Waals surface area (Å²) in [5.74, 6) is 0.814. The number of halogens is 1. The maximum Gasteiger partial charge on any atom is 0.188 e. The van der Waals surface area contributed by atoms with Crippen LogP contribution in [0.5, 0.6) is 5.75 Å². The minimum atomic E-state index is 0.238. The van der Waals surface area contributed by atoms with E-state index in [1.807, 2.05) is 24.3 Å². The summed E-state index contributed by atoms with van der Waals surface area (Å²) in [6.07, 6.45) is 0. The lowest BCUT2D eigenvalue weighted by atomic mass is 10.0. The van der Waals surface area contributed by atoms with Crippen molar-refractivity contribution in [2.75, 3.05) is 13.9 Å². The van der Waals surface area contributed by atoms with E-state index in [9.17, 15) is 0 Å². The smallest absolute Gasteiger partial charge is 0.188 e. The zero-order valence-electron chi connectivity index (χ0n) is 10.4. The molecule has 0 aliphatic carbocycles. The van der Waals surface area contributed by atoms with Gasteiger partial charge in [0, 0.05) is 12.7 Å². The SMILES string of the molecule is COCOc1c(Br)cc(C)cc1-c1ccccc1. The predicted octanol–water partition coefficient (Wildman–Crippen LogP) is 4.41. The minimum absolute atomic E-state index is 0.238. The average Bonchev–Trinajstić information content (AvgIpc) is 2.38. The number of hydrogen-bond acceptors (Lipinski definition) is 2. The summed E-state index contributed by atoms with van der Waals surface area (Å²) < 4.78 is 11.6. The maximum absolute atomic E-state index is 5.66. The summed E-state index contributed by atoms with van der Waals surface area (Å²) in [4.78, 5) is 0. The molecular formula is C15H15BrO2. The molecule has 0 spiro atoms. The fourth-order valence-electron chi connectivity index (χ4n) is 1.83. The molecule has 2 rings (SSSR count). The molecule has 0 N–H and O–H groups in total. The highest BCUT2D eigenvalue weighted by Gasteiger charge is 2.11. The first-order chi connectivity index (χ1) is 8.72. The van der Waals surface area contributed by atoms with Crippen LogP contribution in [0.3, 0.4) is 0 Å². The van der Waals surface area contributed by atoms with Crippen LogP contribution in [0, 0.1) is 6.92 Å². The molecule has 0 saturated carbocycles. The monoisotopic (exact) mass is 306 g/mol. The molecular weight excluding hydrogens is 292 g/mol. The number of rotatable bonds is 4. The average molecular weight is 307 g/mol. The van der Waals surface area contributed by atoms with Gasteiger partial charge in [0.1, 0.15) is 5.75 Å². The van der Waals surface area contributed by atoms with E-state index in [1.165, 1.54) is 5.56 Å². The molecule has 0 aliphatic rings. The van der Waals surface area contributed by atoms with Crippen LogP contribution >= 0.6 is 15.9 Å². The fourth-order valence-corrected chi connectivity index (χ4v) is 2.51. The molecule has 0 aliphatic heterocycles. The Morgan fingerprint density at radius 2 is 1.83 bits per heavy atom. The van der Waals surface area contributed by atoms with Gasteiger partial charge in [0.25, 0.3) is 0 Å². The Morgan fingerprint density at radius 3 is 2.50 bits per heavy atom. The van der Waals surface area contributed by atoms with Crippen molar-refractivity contribution < 1.29 is 9.47 Å². The second kappa shape index (κ2) is 6.03. The Kier molecular flexibility index (Phi) is 4.39. The van der Waals surface area contributed by atoms with Crippen molar-refractivity contribution in [3.63, 3.8) is 0 Å². The Hall–Kier alpha value is -1.32. The number of aryl methyl sites for hydroxylation is 1. The van der Waals surface area contributed by atoms with Gasteiger partial charge in [-0.2, -0.15) is 0 Å². The lowest BCUT2D eigenvalue weighted by Crippen LogP contribution is -2.01. The van der Waals surface area contributed by atoms with Crippen LogP contribution in [0.15, 0.2) is 46.9 Å². The van der Waals surface area contributed by atoms with Gasteiger partial charge in [-0.05, 0) is 46.1 Å². The largest absolute Gasteiger partial charge is 0.466 e. The van der Waals surface area contributed by atoms with Crippen molar-refractivity contribution in [3.05, 3.63) is 52.5 Å². The van der Waals surface area contributed by atoms with Crippen LogP contribution in [-0.2, 0) is 4.74 Å². The highest BCUT2D eigenvalue weighted by molar-refractivity contribution is 9.10. The third kappa shape index (κ3) is 2.92. The van der Waals surface area contributed by atoms with Gasteiger partial charge in [-0.3, -0.25) is 0 Å². The van der Waals surface area contributed by atoms with Crippen molar-refractivity contribution in [3.8, 4) is 16.9 Å². The molecule has 94 valence electrons. The summed E-state index contributed by atoms with van der Waals surface area (Å²) in [5.41, 5.74) is 3.39. The van der Waals surface area contributed by atoms with E-state index in [0.717, 1.165) is 21.3 Å². The van der Waals surface area contributed by atoms with Crippen molar-refractivity contribution in [2.45, 2.75) is 6.92 Å². The van der Waals surface area contributed by atoms with E-state index in [4.69, 9.17) is 9.47 Å². The van der Waals surface area contributed by atoms with E-state index in [0.29, 0.717) is 0 Å². The van der Waals surface area contributed by atoms with Gasteiger partial charge >= 0.3 is 0 Å². The van der Waals surface area contributed by atoms with Crippen molar-refractivity contribution in [1.29, 1.82) is 0 Å². The standard InChI is InChI=1S/C15H15BrO2/c1-11-8-13(12-6-4-3-5-7-12)15(14(16)9-11)18-10-17-2/h3-9H,10H2,1-2H3. The molecule has 18 heavy (non-hydrogen) atoms.